The molecule has 2 N–H and O–H groups in total. The molecule has 1 amide bonds. The molecule has 0 aromatic carbocycles. The van der Waals surface area contributed by atoms with Crippen LogP contribution in [0.1, 0.15) is 41.3 Å². The average Bonchev–Trinajstić information content (AvgIpc) is 3.23. The molecule has 4 heterocycles. The number of aliphatic carboxylic acids is 1. The minimum absolute atomic E-state index is 0.160. The van der Waals surface area contributed by atoms with E-state index < -0.39 is 12.1 Å². The van der Waals surface area contributed by atoms with Gasteiger partial charge in [0.25, 0.3) is 5.91 Å². The zero-order valence-corrected chi connectivity index (χ0v) is 18.9. The van der Waals surface area contributed by atoms with Crippen molar-refractivity contribution >= 4 is 11.9 Å². The Balaban J connectivity index is 0.000000406. The Morgan fingerprint density at radius 2 is 1.91 bits per heavy atom. The number of nitrogens with one attached hydrogen (secondary N) is 1. The Labute approximate surface area is 194 Å². The van der Waals surface area contributed by atoms with Gasteiger partial charge in [0.15, 0.2) is 0 Å². The van der Waals surface area contributed by atoms with Gasteiger partial charge in [0, 0.05) is 38.3 Å². The Morgan fingerprint density at radius 3 is 2.50 bits per heavy atom. The Morgan fingerprint density at radius 1 is 1.24 bits per heavy atom. The van der Waals surface area contributed by atoms with Gasteiger partial charge in [-0.05, 0) is 43.8 Å². The molecule has 4 rings (SSSR count). The van der Waals surface area contributed by atoms with E-state index in [-0.39, 0.29) is 11.3 Å². The highest BCUT2D eigenvalue weighted by Gasteiger charge is 2.40. The van der Waals surface area contributed by atoms with Gasteiger partial charge < -0.3 is 19.7 Å². The lowest BCUT2D eigenvalue weighted by Crippen LogP contribution is -2.44. The molecule has 1 spiro atoms. The summed E-state index contributed by atoms with van der Waals surface area (Å²) in [6.07, 6.45) is 0.903. The van der Waals surface area contributed by atoms with Crippen LogP contribution in [-0.2, 0) is 24.3 Å². The number of methoxy groups -OCH3 is 1. The Kier molecular flexibility index (Phi) is 7.75. The molecule has 13 heteroatoms. The second kappa shape index (κ2) is 10.4. The number of amides is 1. The molecule has 0 unspecified atom stereocenters. The van der Waals surface area contributed by atoms with Crippen molar-refractivity contribution in [1.82, 2.24) is 30.0 Å². The fourth-order valence-electron chi connectivity index (χ4n) is 4.32. The third-order valence-corrected chi connectivity index (χ3v) is 6.23. The highest BCUT2D eigenvalue weighted by molar-refractivity contribution is 5.90. The number of alkyl halides is 3. The van der Waals surface area contributed by atoms with Gasteiger partial charge in [0.1, 0.15) is 5.82 Å². The molecule has 1 fully saturated rings. The fourth-order valence-corrected chi connectivity index (χ4v) is 4.32. The summed E-state index contributed by atoms with van der Waals surface area (Å²) in [5.74, 6) is -0.838. The molecule has 34 heavy (non-hydrogen) atoms. The Bertz CT molecular complexity index is 1020. The highest BCUT2D eigenvalue weighted by atomic mass is 19.4. The summed E-state index contributed by atoms with van der Waals surface area (Å²) >= 11 is 0. The van der Waals surface area contributed by atoms with E-state index in [9.17, 15) is 18.0 Å². The van der Waals surface area contributed by atoms with E-state index in [4.69, 9.17) is 14.6 Å². The summed E-state index contributed by atoms with van der Waals surface area (Å²) in [5, 5.41) is 18.1. The lowest BCUT2D eigenvalue weighted by atomic mass is 9.73. The first-order chi connectivity index (χ1) is 16.1. The molecule has 2 aromatic heterocycles. The van der Waals surface area contributed by atoms with Crippen LogP contribution in [-0.4, -0.2) is 75.1 Å². The van der Waals surface area contributed by atoms with Crippen LogP contribution in [0.2, 0.25) is 0 Å². The van der Waals surface area contributed by atoms with E-state index in [1.165, 1.54) is 0 Å². The average molecular weight is 484 g/mol. The van der Waals surface area contributed by atoms with Gasteiger partial charge >= 0.3 is 12.1 Å². The minimum Gasteiger partial charge on any atom is -0.481 e. The molecule has 10 nitrogen and oxygen atoms in total. The van der Waals surface area contributed by atoms with Crippen molar-refractivity contribution in [2.24, 2.45) is 5.41 Å². The molecule has 0 saturated carbocycles. The predicted octanol–water partition coefficient (Wildman–Crippen LogP) is 1.90. The maximum absolute atomic E-state index is 12.1. The lowest BCUT2D eigenvalue weighted by molar-refractivity contribution is -0.192. The number of likely N-dealkylation sites (tertiary alicyclic amines) is 1. The van der Waals surface area contributed by atoms with Gasteiger partial charge in [-0.2, -0.15) is 13.2 Å². The number of carbonyl (C=O) groups is 2. The van der Waals surface area contributed by atoms with Gasteiger partial charge in [-0.1, -0.05) is 6.07 Å². The van der Waals surface area contributed by atoms with E-state index >= 15 is 0 Å². The van der Waals surface area contributed by atoms with Crippen LogP contribution < -0.4 is 10.1 Å². The van der Waals surface area contributed by atoms with Crippen molar-refractivity contribution in [1.29, 1.82) is 0 Å². The number of piperidine rings is 1. The van der Waals surface area contributed by atoms with Crippen molar-refractivity contribution in [3.63, 3.8) is 0 Å². The molecule has 0 aliphatic carbocycles. The topological polar surface area (TPSA) is 122 Å². The van der Waals surface area contributed by atoms with Crippen molar-refractivity contribution in [3.05, 3.63) is 35.5 Å². The second-order valence-corrected chi connectivity index (χ2v) is 8.36. The number of halogens is 3. The number of hydrogen-bond acceptors (Lipinski definition) is 7. The van der Waals surface area contributed by atoms with Gasteiger partial charge in [-0.25, -0.2) is 9.78 Å². The van der Waals surface area contributed by atoms with Gasteiger partial charge in [0.2, 0.25) is 11.7 Å². The number of pyridine rings is 1. The standard InChI is InChI=1S/C19H26N6O2.C2HF3O2/c1-20-17(26)16-23-22-15-5-6-19(13-25(15)16)7-10-24(11-8-19)12-14-4-3-9-21-18(14)27-2;3-2(4,5)1(6)7/h3-4,9H,5-8,10-13H2,1-2H3,(H,20,26);(H,6,7). The zero-order valence-electron chi connectivity index (χ0n) is 18.9. The maximum atomic E-state index is 12.1. The molecule has 0 bridgehead atoms. The third kappa shape index (κ3) is 5.82. The molecule has 186 valence electrons. The van der Waals surface area contributed by atoms with E-state index in [0.717, 1.165) is 63.3 Å². The molecule has 2 aliphatic rings. The summed E-state index contributed by atoms with van der Waals surface area (Å²) in [5.41, 5.74) is 1.36. The Hall–Kier alpha value is -3.22. The fraction of sp³-hybridized carbons (Fsp3) is 0.571. The monoisotopic (exact) mass is 484 g/mol. The number of carbonyl (C=O) groups excluding carboxylic acids is 1. The minimum atomic E-state index is -5.08. The molecule has 2 aliphatic heterocycles. The van der Waals surface area contributed by atoms with Crippen LogP contribution >= 0.6 is 0 Å². The number of aromatic nitrogens is 4. The van der Waals surface area contributed by atoms with Crippen molar-refractivity contribution in [3.8, 4) is 5.88 Å². The number of rotatable bonds is 4. The quantitative estimate of drug-likeness (QED) is 0.675. The second-order valence-electron chi connectivity index (χ2n) is 8.36. The van der Waals surface area contributed by atoms with Crippen LogP contribution in [0.3, 0.4) is 0 Å². The first-order valence-electron chi connectivity index (χ1n) is 10.7. The molecule has 1 saturated heterocycles. The van der Waals surface area contributed by atoms with Crippen LogP contribution in [0.15, 0.2) is 18.3 Å². The summed E-state index contributed by atoms with van der Waals surface area (Å²) in [6.45, 7) is 3.76. The number of ether oxygens (including phenoxy) is 1. The summed E-state index contributed by atoms with van der Waals surface area (Å²) in [4.78, 5) is 27.7. The van der Waals surface area contributed by atoms with Crippen molar-refractivity contribution < 1.29 is 32.6 Å². The summed E-state index contributed by atoms with van der Waals surface area (Å²) in [6, 6.07) is 4.04. The van der Waals surface area contributed by atoms with Crippen molar-refractivity contribution in [2.75, 3.05) is 27.2 Å². The summed E-state index contributed by atoms with van der Waals surface area (Å²) < 4.78 is 39.1. The molecular weight excluding hydrogens is 457 g/mol. The molecule has 0 atom stereocenters. The molecule has 2 aromatic rings. The number of aryl methyl sites for hydroxylation is 1. The number of nitrogens with zero attached hydrogens (tertiary/aromatic N) is 5. The summed E-state index contributed by atoms with van der Waals surface area (Å²) in [7, 11) is 3.30. The zero-order chi connectivity index (χ0) is 24.9. The normalized spacial score (nSPS) is 17.3. The largest absolute Gasteiger partial charge is 0.490 e. The van der Waals surface area contributed by atoms with Gasteiger partial charge in [-0.3, -0.25) is 9.69 Å². The SMILES string of the molecule is CNC(=O)c1nnc2n1CC1(CC2)CCN(Cc2cccnc2OC)CC1.O=C(O)C(F)(F)F. The van der Waals surface area contributed by atoms with E-state index in [2.05, 4.69) is 31.5 Å². The smallest absolute Gasteiger partial charge is 0.481 e. The highest BCUT2D eigenvalue weighted by Crippen LogP contribution is 2.41. The number of carboxylic acids is 1. The van der Waals surface area contributed by atoms with Crippen LogP contribution in [0.4, 0.5) is 13.2 Å². The van der Waals surface area contributed by atoms with Crippen LogP contribution in [0.25, 0.3) is 0 Å². The lowest BCUT2D eigenvalue weighted by Gasteiger charge is -2.44. The number of carboxylic acid groups (broad SMARTS) is 1. The van der Waals surface area contributed by atoms with E-state index in [1.54, 1.807) is 20.4 Å². The van der Waals surface area contributed by atoms with Crippen LogP contribution in [0.5, 0.6) is 5.88 Å². The molecular formula is C21H27F3N6O4. The van der Waals surface area contributed by atoms with Gasteiger partial charge in [0.05, 0.1) is 7.11 Å². The van der Waals surface area contributed by atoms with Crippen LogP contribution in [0, 0.1) is 5.41 Å². The first-order valence-corrected chi connectivity index (χ1v) is 10.7. The molecule has 0 radical (unpaired) electrons. The van der Waals surface area contributed by atoms with Gasteiger partial charge in [-0.15, -0.1) is 10.2 Å². The maximum Gasteiger partial charge on any atom is 0.490 e. The van der Waals surface area contributed by atoms with Crippen molar-refractivity contribution in [2.45, 2.75) is 44.9 Å². The third-order valence-electron chi connectivity index (χ3n) is 6.23. The first kappa shape index (κ1) is 25.4. The predicted molar refractivity (Wildman–Crippen MR) is 113 cm³/mol. The van der Waals surface area contributed by atoms with E-state index in [1.807, 2.05) is 10.6 Å². The number of hydrogen-bond donors (Lipinski definition) is 2. The van der Waals surface area contributed by atoms with E-state index in [0.29, 0.717) is 11.7 Å². The number of fused-ring (bicyclic) bond motifs is 1.